The topological polar surface area (TPSA) is 82.6 Å². The first kappa shape index (κ1) is 22.1. The number of nitrogens with zero attached hydrogens (tertiary/aromatic N) is 2. The van der Waals surface area contributed by atoms with E-state index in [0.29, 0.717) is 33.5 Å². The lowest BCUT2D eigenvalue weighted by atomic mass is 10.1. The molecule has 0 spiro atoms. The van der Waals surface area contributed by atoms with Crippen LogP contribution >= 0.6 is 11.6 Å². The number of aromatic nitrogens is 2. The third-order valence-electron chi connectivity index (χ3n) is 4.77. The van der Waals surface area contributed by atoms with E-state index in [0.717, 1.165) is 11.1 Å². The van der Waals surface area contributed by atoms with E-state index in [1.807, 2.05) is 24.3 Å². The maximum atomic E-state index is 12.6. The van der Waals surface area contributed by atoms with Crippen molar-refractivity contribution in [2.75, 3.05) is 19.5 Å². The summed E-state index contributed by atoms with van der Waals surface area (Å²) in [6.07, 6.45) is 3.33. The molecule has 0 atom stereocenters. The van der Waals surface area contributed by atoms with Crippen LogP contribution in [0.15, 0.2) is 79.1 Å². The number of rotatable bonds is 7. The second-order valence-electron chi connectivity index (χ2n) is 6.92. The molecule has 7 nitrogen and oxygen atoms in total. The summed E-state index contributed by atoms with van der Waals surface area (Å²) in [6, 6.07) is 19.6. The van der Waals surface area contributed by atoms with Crippen LogP contribution in [0.1, 0.15) is 10.4 Å². The molecule has 33 heavy (non-hydrogen) atoms. The van der Waals surface area contributed by atoms with E-state index in [1.54, 1.807) is 62.0 Å². The number of amides is 1. The van der Waals surface area contributed by atoms with Gasteiger partial charge in [-0.2, -0.15) is 0 Å². The van der Waals surface area contributed by atoms with Gasteiger partial charge in [-0.05, 0) is 48.0 Å². The summed E-state index contributed by atoms with van der Waals surface area (Å²) < 4.78 is 16.0. The van der Waals surface area contributed by atoms with Gasteiger partial charge in [-0.1, -0.05) is 29.8 Å². The standard InChI is InChI=1S/C25H20ClN3O4/c1-31-20-4-3-5-21(13-20)33-25-27-14-18(15-28-25)16-6-8-17(9-7-16)24(30)29-19-10-11-23(32-2)22(26)12-19/h3-15H,1-2H3,(H,29,30). The molecule has 166 valence electrons. The predicted octanol–water partition coefficient (Wildman–Crippen LogP) is 5.86. The summed E-state index contributed by atoms with van der Waals surface area (Å²) in [5.74, 6) is 1.56. The zero-order valence-electron chi connectivity index (χ0n) is 17.9. The molecular weight excluding hydrogens is 442 g/mol. The minimum Gasteiger partial charge on any atom is -0.497 e. The summed E-state index contributed by atoms with van der Waals surface area (Å²) in [7, 11) is 3.13. The molecule has 1 aromatic heterocycles. The molecule has 0 fully saturated rings. The van der Waals surface area contributed by atoms with Crippen LogP contribution in [-0.2, 0) is 0 Å². The minimum absolute atomic E-state index is 0.223. The monoisotopic (exact) mass is 461 g/mol. The van der Waals surface area contributed by atoms with Crippen molar-refractivity contribution < 1.29 is 19.0 Å². The second-order valence-corrected chi connectivity index (χ2v) is 7.32. The molecule has 4 aromatic rings. The molecule has 0 aliphatic rings. The average molecular weight is 462 g/mol. The van der Waals surface area contributed by atoms with Crippen LogP contribution in [-0.4, -0.2) is 30.1 Å². The molecule has 1 heterocycles. The molecule has 3 aromatic carbocycles. The van der Waals surface area contributed by atoms with Gasteiger partial charge in [0, 0.05) is 35.3 Å². The number of benzene rings is 3. The Hall–Kier alpha value is -4.10. The van der Waals surface area contributed by atoms with Gasteiger partial charge in [0.25, 0.3) is 5.91 Å². The van der Waals surface area contributed by atoms with E-state index < -0.39 is 0 Å². The van der Waals surface area contributed by atoms with E-state index in [4.69, 9.17) is 25.8 Å². The normalized spacial score (nSPS) is 10.4. The number of carbonyl (C=O) groups is 1. The lowest BCUT2D eigenvalue weighted by molar-refractivity contribution is 0.102. The van der Waals surface area contributed by atoms with Crippen molar-refractivity contribution in [3.05, 3.63) is 89.7 Å². The third kappa shape index (κ3) is 5.39. The fourth-order valence-electron chi connectivity index (χ4n) is 3.05. The number of carbonyl (C=O) groups excluding carboxylic acids is 1. The van der Waals surface area contributed by atoms with Crippen LogP contribution in [0.3, 0.4) is 0 Å². The molecule has 1 amide bonds. The van der Waals surface area contributed by atoms with Crippen molar-refractivity contribution >= 4 is 23.2 Å². The van der Waals surface area contributed by atoms with E-state index in [2.05, 4.69) is 15.3 Å². The van der Waals surface area contributed by atoms with Crippen LogP contribution in [0.25, 0.3) is 11.1 Å². The van der Waals surface area contributed by atoms with Gasteiger partial charge in [-0.25, -0.2) is 9.97 Å². The Labute approximate surface area is 195 Å². The first-order valence-electron chi connectivity index (χ1n) is 9.95. The van der Waals surface area contributed by atoms with Crippen molar-refractivity contribution in [3.63, 3.8) is 0 Å². The fourth-order valence-corrected chi connectivity index (χ4v) is 3.31. The molecule has 8 heteroatoms. The van der Waals surface area contributed by atoms with Crippen molar-refractivity contribution in [2.24, 2.45) is 0 Å². The van der Waals surface area contributed by atoms with E-state index in [1.165, 1.54) is 7.11 Å². The van der Waals surface area contributed by atoms with Gasteiger partial charge in [0.1, 0.15) is 17.2 Å². The van der Waals surface area contributed by atoms with Gasteiger partial charge in [-0.15, -0.1) is 0 Å². The molecule has 0 unspecified atom stereocenters. The molecule has 4 rings (SSSR count). The number of hydrogen-bond donors (Lipinski definition) is 1. The van der Waals surface area contributed by atoms with Crippen LogP contribution < -0.4 is 19.5 Å². The van der Waals surface area contributed by atoms with E-state index >= 15 is 0 Å². The van der Waals surface area contributed by atoms with Gasteiger partial charge in [0.15, 0.2) is 0 Å². The lowest BCUT2D eigenvalue weighted by Gasteiger charge is -2.09. The first-order valence-corrected chi connectivity index (χ1v) is 10.3. The molecule has 0 saturated carbocycles. The minimum atomic E-state index is -0.249. The van der Waals surface area contributed by atoms with E-state index in [9.17, 15) is 4.79 Å². The number of halogens is 1. The van der Waals surface area contributed by atoms with Gasteiger partial charge in [0.2, 0.25) is 0 Å². The average Bonchev–Trinajstić information content (AvgIpc) is 2.85. The van der Waals surface area contributed by atoms with Crippen LogP contribution in [0, 0.1) is 0 Å². The summed E-state index contributed by atoms with van der Waals surface area (Å²) in [6.45, 7) is 0. The fraction of sp³-hybridized carbons (Fsp3) is 0.0800. The summed E-state index contributed by atoms with van der Waals surface area (Å²) in [5.41, 5.74) is 2.74. The smallest absolute Gasteiger partial charge is 0.321 e. The molecule has 0 aliphatic carbocycles. The Balaban J connectivity index is 1.42. The highest BCUT2D eigenvalue weighted by molar-refractivity contribution is 6.32. The summed E-state index contributed by atoms with van der Waals surface area (Å²) in [5, 5.41) is 3.24. The lowest BCUT2D eigenvalue weighted by Crippen LogP contribution is -2.11. The maximum absolute atomic E-state index is 12.6. The molecule has 0 aliphatic heterocycles. The zero-order chi connectivity index (χ0) is 23.2. The van der Waals surface area contributed by atoms with E-state index in [-0.39, 0.29) is 11.9 Å². The van der Waals surface area contributed by atoms with Crippen molar-refractivity contribution in [3.8, 4) is 34.4 Å². The highest BCUT2D eigenvalue weighted by atomic mass is 35.5. The maximum Gasteiger partial charge on any atom is 0.321 e. The van der Waals surface area contributed by atoms with Crippen molar-refractivity contribution in [2.45, 2.75) is 0 Å². The first-order chi connectivity index (χ1) is 16.1. The quantitative estimate of drug-likeness (QED) is 0.371. The Morgan fingerprint density at radius 1 is 0.848 bits per heavy atom. The van der Waals surface area contributed by atoms with Gasteiger partial charge in [-0.3, -0.25) is 4.79 Å². The van der Waals surface area contributed by atoms with Crippen LogP contribution in [0.4, 0.5) is 5.69 Å². The Bertz CT molecular complexity index is 1260. The number of ether oxygens (including phenoxy) is 3. The van der Waals surface area contributed by atoms with Gasteiger partial charge >= 0.3 is 6.01 Å². The van der Waals surface area contributed by atoms with Gasteiger partial charge < -0.3 is 19.5 Å². The Kier molecular flexibility index (Phi) is 6.71. The number of methoxy groups -OCH3 is 2. The van der Waals surface area contributed by atoms with Crippen molar-refractivity contribution in [1.29, 1.82) is 0 Å². The molecule has 0 radical (unpaired) electrons. The SMILES string of the molecule is COc1cccc(Oc2ncc(-c3ccc(C(=O)Nc4ccc(OC)c(Cl)c4)cc3)cn2)c1. The number of anilines is 1. The third-order valence-corrected chi connectivity index (χ3v) is 5.06. The van der Waals surface area contributed by atoms with Gasteiger partial charge in [0.05, 0.1) is 19.2 Å². The van der Waals surface area contributed by atoms with Crippen LogP contribution in [0.2, 0.25) is 5.02 Å². The summed E-state index contributed by atoms with van der Waals surface area (Å²) in [4.78, 5) is 21.1. The molecular formula is C25H20ClN3O4. The Morgan fingerprint density at radius 2 is 1.58 bits per heavy atom. The summed E-state index contributed by atoms with van der Waals surface area (Å²) >= 11 is 6.11. The number of hydrogen-bond acceptors (Lipinski definition) is 6. The Morgan fingerprint density at radius 3 is 2.24 bits per heavy atom. The van der Waals surface area contributed by atoms with Crippen molar-refractivity contribution in [1.82, 2.24) is 9.97 Å². The second kappa shape index (κ2) is 10.0. The number of nitrogens with one attached hydrogen (secondary N) is 1. The predicted molar refractivity (Wildman–Crippen MR) is 126 cm³/mol. The zero-order valence-corrected chi connectivity index (χ0v) is 18.7. The highest BCUT2D eigenvalue weighted by Crippen LogP contribution is 2.28. The molecule has 0 saturated heterocycles. The molecule has 0 bridgehead atoms. The largest absolute Gasteiger partial charge is 0.497 e. The molecule has 1 N–H and O–H groups in total. The van der Waals surface area contributed by atoms with Crippen LogP contribution in [0.5, 0.6) is 23.3 Å². The highest BCUT2D eigenvalue weighted by Gasteiger charge is 2.10.